The van der Waals surface area contributed by atoms with E-state index < -0.39 is 23.9 Å². The number of aromatic nitrogens is 3. The first kappa shape index (κ1) is 22.6. The number of fused-ring (bicyclic) bond motifs is 3. The second kappa shape index (κ2) is 9.57. The number of carboxylic acid groups (broad SMARTS) is 1. The molecule has 0 spiro atoms. The molecular formula is C25H25N5O5. The molecule has 10 nitrogen and oxygen atoms in total. The number of nitrogens with zero attached hydrogens (tertiary/aromatic N) is 2. The number of hydrogen-bond acceptors (Lipinski definition) is 6. The fourth-order valence-electron chi connectivity index (χ4n) is 5.06. The molecule has 0 aliphatic heterocycles. The van der Waals surface area contributed by atoms with Crippen LogP contribution in [0.4, 0.5) is 10.7 Å². The summed E-state index contributed by atoms with van der Waals surface area (Å²) < 4.78 is 5.46. The van der Waals surface area contributed by atoms with Gasteiger partial charge in [0, 0.05) is 12.5 Å². The fraction of sp³-hybridized carbons (Fsp3) is 0.320. The van der Waals surface area contributed by atoms with Crippen LogP contribution in [0.3, 0.4) is 0 Å². The van der Waals surface area contributed by atoms with E-state index in [-0.39, 0.29) is 36.8 Å². The lowest BCUT2D eigenvalue weighted by Gasteiger charge is -2.15. The Kier molecular flexibility index (Phi) is 6.17. The second-order valence-electron chi connectivity index (χ2n) is 8.80. The van der Waals surface area contributed by atoms with Crippen LogP contribution in [0.25, 0.3) is 11.1 Å². The standard InChI is InChI=1S/C25H25N5O5/c31-22(26-12-14-6-5-11-15(14)23(32)33)21-27-24(30-29-21)28-25(34)35-13-20-18-9-3-1-7-16(18)17-8-2-4-10-19(17)20/h1-4,7-10,14-15,20H,5-6,11-13H2,(H,26,31)(H,32,33)(H2,27,28,29,30,34). The maximum atomic E-state index is 12.4. The molecule has 2 aromatic carbocycles. The van der Waals surface area contributed by atoms with Gasteiger partial charge in [-0.2, -0.15) is 4.98 Å². The molecule has 3 aromatic rings. The van der Waals surface area contributed by atoms with Crippen LogP contribution < -0.4 is 10.6 Å². The highest BCUT2D eigenvalue weighted by atomic mass is 16.5. The van der Waals surface area contributed by atoms with Crippen LogP contribution in [-0.2, 0) is 9.53 Å². The number of H-pyrrole nitrogens is 1. The van der Waals surface area contributed by atoms with Crippen LogP contribution >= 0.6 is 0 Å². The molecule has 0 bridgehead atoms. The Hall–Kier alpha value is -4.21. The van der Waals surface area contributed by atoms with E-state index in [0.29, 0.717) is 6.42 Å². The first-order chi connectivity index (χ1) is 17.0. The van der Waals surface area contributed by atoms with Gasteiger partial charge in [-0.3, -0.25) is 20.0 Å². The highest BCUT2D eigenvalue weighted by Gasteiger charge is 2.33. The zero-order valence-electron chi connectivity index (χ0n) is 18.9. The molecular weight excluding hydrogens is 450 g/mol. The molecule has 0 radical (unpaired) electrons. The van der Waals surface area contributed by atoms with E-state index in [0.717, 1.165) is 35.1 Å². The number of ether oxygens (including phenoxy) is 1. The monoisotopic (exact) mass is 475 g/mol. The first-order valence-corrected chi connectivity index (χ1v) is 11.6. The Balaban J connectivity index is 1.15. The Bertz CT molecular complexity index is 1230. The third-order valence-electron chi connectivity index (χ3n) is 6.76. The van der Waals surface area contributed by atoms with E-state index in [1.54, 1.807) is 0 Å². The molecule has 180 valence electrons. The molecule has 2 atom stereocenters. The molecule has 2 aliphatic carbocycles. The lowest BCUT2D eigenvalue weighted by atomic mass is 9.96. The van der Waals surface area contributed by atoms with Crippen molar-refractivity contribution in [1.29, 1.82) is 0 Å². The minimum atomic E-state index is -0.837. The van der Waals surface area contributed by atoms with Crippen molar-refractivity contribution >= 4 is 23.9 Å². The van der Waals surface area contributed by atoms with Gasteiger partial charge in [0.1, 0.15) is 6.61 Å². The van der Waals surface area contributed by atoms with Crippen molar-refractivity contribution in [3.8, 4) is 11.1 Å². The molecule has 1 saturated carbocycles. The molecule has 2 amide bonds. The zero-order chi connectivity index (χ0) is 24.4. The number of benzene rings is 2. The average molecular weight is 476 g/mol. The van der Waals surface area contributed by atoms with Gasteiger partial charge in [0.05, 0.1) is 5.92 Å². The number of carboxylic acids is 1. The molecule has 1 aromatic heterocycles. The summed E-state index contributed by atoms with van der Waals surface area (Å²) >= 11 is 0. The summed E-state index contributed by atoms with van der Waals surface area (Å²) in [6.07, 6.45) is 1.47. The quantitative estimate of drug-likeness (QED) is 0.410. The number of hydrogen-bond donors (Lipinski definition) is 4. The van der Waals surface area contributed by atoms with E-state index in [2.05, 4.69) is 37.9 Å². The van der Waals surface area contributed by atoms with Gasteiger partial charge >= 0.3 is 12.1 Å². The fourth-order valence-corrected chi connectivity index (χ4v) is 5.06. The predicted molar refractivity (Wildman–Crippen MR) is 126 cm³/mol. The first-order valence-electron chi connectivity index (χ1n) is 11.6. The maximum Gasteiger partial charge on any atom is 0.414 e. The summed E-state index contributed by atoms with van der Waals surface area (Å²) in [7, 11) is 0. The molecule has 35 heavy (non-hydrogen) atoms. The van der Waals surface area contributed by atoms with E-state index >= 15 is 0 Å². The molecule has 1 heterocycles. The van der Waals surface area contributed by atoms with Gasteiger partial charge in [-0.1, -0.05) is 55.0 Å². The smallest absolute Gasteiger partial charge is 0.414 e. The summed E-state index contributed by atoms with van der Waals surface area (Å²) in [6.45, 7) is 0.384. The van der Waals surface area contributed by atoms with Crippen LogP contribution in [0.15, 0.2) is 48.5 Å². The summed E-state index contributed by atoms with van der Waals surface area (Å²) in [5, 5.41) is 20.7. The van der Waals surface area contributed by atoms with Crippen LogP contribution in [-0.4, -0.2) is 51.4 Å². The maximum absolute atomic E-state index is 12.4. The van der Waals surface area contributed by atoms with Crippen molar-refractivity contribution in [3.05, 3.63) is 65.5 Å². The van der Waals surface area contributed by atoms with E-state index in [4.69, 9.17) is 4.74 Å². The summed E-state index contributed by atoms with van der Waals surface area (Å²) in [5.41, 5.74) is 4.47. The molecule has 5 rings (SSSR count). The van der Waals surface area contributed by atoms with Crippen molar-refractivity contribution < 1.29 is 24.2 Å². The van der Waals surface area contributed by atoms with Crippen LogP contribution in [0.1, 0.15) is 46.9 Å². The minimum absolute atomic E-state index is 0.0770. The van der Waals surface area contributed by atoms with Gasteiger partial charge in [-0.25, -0.2) is 4.79 Å². The van der Waals surface area contributed by atoms with Crippen molar-refractivity contribution in [1.82, 2.24) is 20.5 Å². The van der Waals surface area contributed by atoms with E-state index in [1.165, 1.54) is 0 Å². The normalized spacial score (nSPS) is 18.5. The summed E-state index contributed by atoms with van der Waals surface area (Å²) in [6, 6.07) is 16.1. The van der Waals surface area contributed by atoms with Gasteiger partial charge < -0.3 is 15.2 Å². The van der Waals surface area contributed by atoms with Gasteiger partial charge in [-0.15, -0.1) is 5.10 Å². The van der Waals surface area contributed by atoms with Crippen molar-refractivity contribution in [2.45, 2.75) is 25.2 Å². The molecule has 4 N–H and O–H groups in total. The second-order valence-corrected chi connectivity index (χ2v) is 8.80. The lowest BCUT2D eigenvalue weighted by Crippen LogP contribution is -2.33. The van der Waals surface area contributed by atoms with Gasteiger partial charge in [0.15, 0.2) is 0 Å². The Morgan fingerprint density at radius 3 is 2.40 bits per heavy atom. The number of carbonyl (C=O) groups excluding carboxylic acids is 2. The number of carbonyl (C=O) groups is 3. The van der Waals surface area contributed by atoms with Crippen LogP contribution in [0.5, 0.6) is 0 Å². The Labute approximate surface area is 201 Å². The van der Waals surface area contributed by atoms with Crippen LogP contribution in [0.2, 0.25) is 0 Å². The van der Waals surface area contributed by atoms with Gasteiger partial charge in [-0.05, 0) is 41.0 Å². The van der Waals surface area contributed by atoms with Crippen molar-refractivity contribution in [2.75, 3.05) is 18.5 Å². The van der Waals surface area contributed by atoms with E-state index in [9.17, 15) is 19.5 Å². The number of rotatable bonds is 7. The van der Waals surface area contributed by atoms with E-state index in [1.807, 2.05) is 36.4 Å². The number of amides is 2. The summed E-state index contributed by atoms with van der Waals surface area (Å²) in [4.78, 5) is 40.1. The third-order valence-corrected chi connectivity index (χ3v) is 6.76. The number of aromatic amines is 1. The third kappa shape index (κ3) is 4.59. The zero-order valence-corrected chi connectivity index (χ0v) is 18.9. The molecule has 0 saturated heterocycles. The largest absolute Gasteiger partial charge is 0.481 e. The lowest BCUT2D eigenvalue weighted by molar-refractivity contribution is -0.142. The van der Waals surface area contributed by atoms with Crippen molar-refractivity contribution in [2.24, 2.45) is 11.8 Å². The Morgan fingerprint density at radius 2 is 1.71 bits per heavy atom. The average Bonchev–Trinajstić information content (AvgIpc) is 3.59. The number of aliphatic carboxylic acids is 1. The van der Waals surface area contributed by atoms with Gasteiger partial charge in [0.25, 0.3) is 11.9 Å². The summed E-state index contributed by atoms with van der Waals surface area (Å²) in [5.74, 6) is -2.16. The van der Waals surface area contributed by atoms with Crippen LogP contribution in [0, 0.1) is 11.8 Å². The van der Waals surface area contributed by atoms with Gasteiger partial charge in [0.2, 0.25) is 5.82 Å². The number of nitrogens with one attached hydrogen (secondary N) is 3. The molecule has 10 heteroatoms. The number of anilines is 1. The molecule has 1 fully saturated rings. The Morgan fingerprint density at radius 1 is 1.03 bits per heavy atom. The molecule has 2 unspecified atom stereocenters. The topological polar surface area (TPSA) is 146 Å². The predicted octanol–water partition coefficient (Wildman–Crippen LogP) is 3.40. The molecule has 2 aliphatic rings. The van der Waals surface area contributed by atoms with Crippen molar-refractivity contribution in [3.63, 3.8) is 0 Å². The minimum Gasteiger partial charge on any atom is -0.481 e. The SMILES string of the molecule is O=C(Nc1n[nH]c(C(=O)NCC2CCCC2C(=O)O)n1)OCC1c2ccccc2-c2ccccc21. The highest BCUT2D eigenvalue weighted by Crippen LogP contribution is 2.44. The highest BCUT2D eigenvalue weighted by molar-refractivity contribution is 5.91.